The van der Waals surface area contributed by atoms with Crippen LogP contribution in [-0.2, 0) is 10.0 Å². The fourth-order valence-corrected chi connectivity index (χ4v) is 3.51. The summed E-state index contributed by atoms with van der Waals surface area (Å²) in [6.07, 6.45) is 5.30. The van der Waals surface area contributed by atoms with Crippen molar-refractivity contribution in [1.29, 1.82) is 0 Å². The van der Waals surface area contributed by atoms with Gasteiger partial charge in [-0.1, -0.05) is 12.8 Å². The third-order valence-electron chi connectivity index (χ3n) is 3.52. The Morgan fingerprint density at radius 3 is 2.65 bits per heavy atom. The van der Waals surface area contributed by atoms with Crippen LogP contribution in [-0.4, -0.2) is 25.4 Å². The molecule has 8 heteroatoms. The topological polar surface area (TPSA) is 105 Å². The first-order chi connectivity index (χ1) is 10.8. The van der Waals surface area contributed by atoms with Crippen LogP contribution in [0.5, 0.6) is 0 Å². The number of benzene rings is 1. The van der Waals surface area contributed by atoms with Gasteiger partial charge in [-0.15, -0.1) is 4.40 Å². The highest BCUT2D eigenvalue weighted by Gasteiger charge is 2.20. The molecule has 0 bridgehead atoms. The van der Waals surface area contributed by atoms with Crippen LogP contribution in [0.2, 0.25) is 0 Å². The van der Waals surface area contributed by atoms with Gasteiger partial charge in [0.15, 0.2) is 0 Å². The predicted molar refractivity (Wildman–Crippen MR) is 87.5 cm³/mol. The predicted octanol–water partition coefficient (Wildman–Crippen LogP) is 2.69. The first-order valence-electron chi connectivity index (χ1n) is 7.32. The lowest BCUT2D eigenvalue weighted by Gasteiger charge is -2.14. The third-order valence-corrected chi connectivity index (χ3v) is 4.86. The molecule has 0 aliphatic heterocycles. The fourth-order valence-electron chi connectivity index (χ4n) is 2.53. The summed E-state index contributed by atoms with van der Waals surface area (Å²) in [5.41, 5.74) is 5.92. The minimum absolute atomic E-state index is 0.196. The number of aliphatic hydroxyl groups excluding tert-OH is 1. The molecule has 1 fully saturated rings. The molecule has 2 rings (SSSR count). The summed E-state index contributed by atoms with van der Waals surface area (Å²) in [6.45, 7) is 1.32. The zero-order valence-electron chi connectivity index (χ0n) is 12.8. The molecule has 126 valence electrons. The number of halogens is 1. The van der Waals surface area contributed by atoms with Crippen molar-refractivity contribution in [2.45, 2.75) is 43.5 Å². The summed E-state index contributed by atoms with van der Waals surface area (Å²) in [5, 5.41) is 12.2. The number of sulfonamides is 1. The minimum Gasteiger partial charge on any atom is -0.512 e. The second kappa shape index (κ2) is 6.99. The number of hydrogen-bond acceptors (Lipinski definition) is 4. The Hall–Kier alpha value is -2.09. The van der Waals surface area contributed by atoms with Crippen LogP contribution in [0, 0.1) is 5.82 Å². The molecule has 0 spiro atoms. The summed E-state index contributed by atoms with van der Waals surface area (Å²) in [7, 11) is -4.28. The van der Waals surface area contributed by atoms with E-state index >= 15 is 0 Å². The summed E-state index contributed by atoms with van der Waals surface area (Å²) in [5.74, 6) is -1.51. The Morgan fingerprint density at radius 1 is 1.43 bits per heavy atom. The zero-order valence-corrected chi connectivity index (χ0v) is 13.6. The summed E-state index contributed by atoms with van der Waals surface area (Å²) in [6, 6.07) is 4.11. The van der Waals surface area contributed by atoms with E-state index in [-0.39, 0.29) is 5.76 Å². The Bertz CT molecular complexity index is 734. The van der Waals surface area contributed by atoms with Gasteiger partial charge in [-0.25, -0.2) is 4.39 Å². The molecule has 0 atom stereocenters. The first kappa shape index (κ1) is 17.3. The Labute approximate surface area is 135 Å². The molecule has 0 heterocycles. The van der Waals surface area contributed by atoms with Crippen molar-refractivity contribution in [3.8, 4) is 0 Å². The van der Waals surface area contributed by atoms with E-state index in [0.29, 0.717) is 11.7 Å². The number of nitrogens with one attached hydrogen (secondary N) is 1. The molecule has 1 aromatic carbocycles. The molecule has 0 radical (unpaired) electrons. The smallest absolute Gasteiger partial charge is 0.287 e. The van der Waals surface area contributed by atoms with Crippen LogP contribution >= 0.6 is 0 Å². The lowest BCUT2D eigenvalue weighted by atomic mass is 10.2. The van der Waals surface area contributed by atoms with E-state index < -0.39 is 26.6 Å². The highest BCUT2D eigenvalue weighted by molar-refractivity contribution is 7.90. The number of allylic oxidation sites excluding steroid dienone is 1. The minimum atomic E-state index is -4.28. The highest BCUT2D eigenvalue weighted by Crippen LogP contribution is 2.25. The molecule has 1 aliphatic carbocycles. The van der Waals surface area contributed by atoms with Crippen LogP contribution in [0.3, 0.4) is 0 Å². The number of amidine groups is 1. The largest absolute Gasteiger partial charge is 0.512 e. The molecule has 1 aliphatic rings. The van der Waals surface area contributed by atoms with E-state index in [1.165, 1.54) is 13.0 Å². The van der Waals surface area contributed by atoms with Crippen molar-refractivity contribution in [2.75, 3.05) is 5.32 Å². The van der Waals surface area contributed by atoms with Crippen LogP contribution in [0.15, 0.2) is 39.3 Å². The molecule has 6 nitrogen and oxygen atoms in total. The van der Waals surface area contributed by atoms with E-state index in [9.17, 15) is 12.8 Å². The molecule has 4 N–H and O–H groups in total. The van der Waals surface area contributed by atoms with E-state index in [1.54, 1.807) is 0 Å². The summed E-state index contributed by atoms with van der Waals surface area (Å²) in [4.78, 5) is -0.554. The number of nitrogens with zero attached hydrogens (tertiary/aromatic N) is 1. The molecule has 0 saturated heterocycles. The Kier molecular flexibility index (Phi) is 5.25. The van der Waals surface area contributed by atoms with Crippen molar-refractivity contribution in [3.05, 3.63) is 35.9 Å². The zero-order chi connectivity index (χ0) is 17.0. The average Bonchev–Trinajstić information content (AvgIpc) is 2.89. The van der Waals surface area contributed by atoms with Crippen LogP contribution in [0.4, 0.5) is 10.1 Å². The van der Waals surface area contributed by atoms with Gasteiger partial charge in [0.2, 0.25) is 0 Å². The van der Waals surface area contributed by atoms with Gasteiger partial charge in [0.25, 0.3) is 10.0 Å². The Morgan fingerprint density at radius 2 is 2.09 bits per heavy atom. The normalized spacial score (nSPS) is 17.5. The number of nitrogens with two attached hydrogens (primary N) is 1. The maximum Gasteiger partial charge on any atom is 0.287 e. The lowest BCUT2D eigenvalue weighted by Crippen LogP contribution is -2.15. The fraction of sp³-hybridized carbons (Fsp3) is 0.400. The number of hydrogen-bond donors (Lipinski definition) is 3. The van der Waals surface area contributed by atoms with Gasteiger partial charge >= 0.3 is 0 Å². The van der Waals surface area contributed by atoms with Gasteiger partial charge in [0.05, 0.1) is 5.76 Å². The summed E-state index contributed by atoms with van der Waals surface area (Å²) < 4.78 is 41.5. The average molecular weight is 341 g/mol. The van der Waals surface area contributed by atoms with Crippen molar-refractivity contribution < 1.29 is 17.9 Å². The van der Waals surface area contributed by atoms with Gasteiger partial charge in [0, 0.05) is 17.8 Å². The number of anilines is 1. The molecular formula is C15H20FN3O3S. The van der Waals surface area contributed by atoms with E-state index in [0.717, 1.165) is 43.9 Å². The maximum atomic E-state index is 14.1. The highest BCUT2D eigenvalue weighted by atomic mass is 32.2. The van der Waals surface area contributed by atoms with Crippen LogP contribution in [0.1, 0.15) is 32.6 Å². The number of rotatable bonds is 5. The van der Waals surface area contributed by atoms with Gasteiger partial charge in [-0.2, -0.15) is 8.42 Å². The van der Waals surface area contributed by atoms with Crippen molar-refractivity contribution in [2.24, 2.45) is 10.1 Å². The number of aliphatic hydroxyl groups is 1. The second-order valence-corrected chi connectivity index (χ2v) is 7.12. The van der Waals surface area contributed by atoms with Gasteiger partial charge in [-0.3, -0.25) is 0 Å². The van der Waals surface area contributed by atoms with Gasteiger partial charge < -0.3 is 16.2 Å². The standard InChI is InChI=1S/C15H20FN3O3S/c1-10(20)8-15(17)19-23(21,22)14-7-6-12(9-13(14)16)18-11-4-2-3-5-11/h6-9,11,18,20H,2-5H2,1H3,(H2,17,19)/b10-8-. The van der Waals surface area contributed by atoms with Crippen molar-refractivity contribution in [1.82, 2.24) is 0 Å². The molecule has 0 amide bonds. The molecule has 0 aromatic heterocycles. The maximum absolute atomic E-state index is 14.1. The molecule has 1 aromatic rings. The second-order valence-electron chi connectivity index (χ2n) is 5.55. The van der Waals surface area contributed by atoms with Gasteiger partial charge in [0.1, 0.15) is 16.5 Å². The lowest BCUT2D eigenvalue weighted by molar-refractivity contribution is 0.415. The van der Waals surface area contributed by atoms with E-state index in [2.05, 4.69) is 9.71 Å². The van der Waals surface area contributed by atoms with E-state index in [1.807, 2.05) is 0 Å². The Balaban J connectivity index is 2.24. The van der Waals surface area contributed by atoms with Gasteiger partial charge in [-0.05, 0) is 38.0 Å². The van der Waals surface area contributed by atoms with Crippen molar-refractivity contribution >= 4 is 21.5 Å². The molecule has 23 heavy (non-hydrogen) atoms. The molecular weight excluding hydrogens is 321 g/mol. The van der Waals surface area contributed by atoms with Crippen LogP contribution < -0.4 is 11.1 Å². The molecule has 1 saturated carbocycles. The first-order valence-corrected chi connectivity index (χ1v) is 8.76. The monoisotopic (exact) mass is 341 g/mol. The summed E-state index contributed by atoms with van der Waals surface area (Å²) >= 11 is 0. The third kappa shape index (κ3) is 4.69. The van der Waals surface area contributed by atoms with Crippen molar-refractivity contribution in [3.63, 3.8) is 0 Å². The molecule has 0 unspecified atom stereocenters. The SMILES string of the molecule is C/C(O)=C/C(N)=N\S(=O)(=O)c1ccc(NC2CCCC2)cc1F. The quantitative estimate of drug-likeness (QED) is 0.434. The van der Waals surface area contributed by atoms with E-state index in [4.69, 9.17) is 10.8 Å². The van der Waals surface area contributed by atoms with Crippen LogP contribution in [0.25, 0.3) is 0 Å².